The van der Waals surface area contributed by atoms with Crippen molar-refractivity contribution >= 4 is 12.0 Å². The van der Waals surface area contributed by atoms with Gasteiger partial charge in [-0.3, -0.25) is 0 Å². The van der Waals surface area contributed by atoms with Crippen LogP contribution >= 0.6 is 0 Å². The number of carbonyl (C=O) groups excluding carboxylic acids is 1. The van der Waals surface area contributed by atoms with Crippen molar-refractivity contribution in [2.24, 2.45) is 0 Å². The topological polar surface area (TPSA) is 50.1 Å². The predicted octanol–water partition coefficient (Wildman–Crippen LogP) is 2.47. The second-order valence-electron chi connectivity index (χ2n) is 3.41. The molecule has 0 saturated heterocycles. The largest absolute Gasteiger partial charge is 0.466 e. The van der Waals surface area contributed by atoms with Gasteiger partial charge in [0.2, 0.25) is 0 Å². The fraction of sp³-hybridized carbons (Fsp3) is 0.231. The van der Waals surface area contributed by atoms with Crippen molar-refractivity contribution in [2.75, 3.05) is 7.11 Å². The maximum atomic E-state index is 11.3. The Morgan fingerprint density at radius 1 is 1.44 bits per heavy atom. The molecular weight excluding hydrogens is 202 g/mol. The van der Waals surface area contributed by atoms with E-state index in [1.807, 2.05) is 37.3 Å². The fourth-order valence-corrected chi connectivity index (χ4v) is 1.26. The molecule has 0 radical (unpaired) electrons. The van der Waals surface area contributed by atoms with Gasteiger partial charge in [0.05, 0.1) is 25.2 Å². The number of nitrogens with zero attached hydrogens (tertiary/aromatic N) is 1. The highest BCUT2D eigenvalue weighted by Gasteiger charge is 2.08. The van der Waals surface area contributed by atoms with Crippen LogP contribution in [0, 0.1) is 18.3 Å². The Balaban J connectivity index is 2.98. The van der Waals surface area contributed by atoms with E-state index in [0.717, 1.165) is 11.1 Å². The Morgan fingerprint density at radius 2 is 2.06 bits per heavy atom. The van der Waals surface area contributed by atoms with Crippen LogP contribution in [0.2, 0.25) is 0 Å². The normalized spacial score (nSPS) is 10.7. The number of hydrogen-bond acceptors (Lipinski definition) is 3. The summed E-state index contributed by atoms with van der Waals surface area (Å²) in [4.78, 5) is 11.3. The number of nitriles is 1. The van der Waals surface area contributed by atoms with Crippen molar-refractivity contribution in [3.05, 3.63) is 41.0 Å². The van der Waals surface area contributed by atoms with E-state index in [1.54, 1.807) is 6.08 Å². The highest BCUT2D eigenvalue weighted by atomic mass is 16.5. The van der Waals surface area contributed by atoms with Crippen molar-refractivity contribution in [1.82, 2.24) is 0 Å². The summed E-state index contributed by atoms with van der Waals surface area (Å²) in [5.41, 5.74) is 2.41. The van der Waals surface area contributed by atoms with Crippen LogP contribution < -0.4 is 0 Å². The lowest BCUT2D eigenvalue weighted by atomic mass is 10.1. The van der Waals surface area contributed by atoms with Gasteiger partial charge in [-0.15, -0.1) is 0 Å². The molecule has 0 unspecified atom stereocenters. The number of esters is 1. The number of carbonyl (C=O) groups is 1. The summed E-state index contributed by atoms with van der Waals surface area (Å²) in [5.74, 6) is -0.456. The number of benzene rings is 1. The average molecular weight is 215 g/mol. The molecule has 3 heteroatoms. The Morgan fingerprint density at radius 3 is 2.56 bits per heavy atom. The molecule has 82 valence electrons. The van der Waals surface area contributed by atoms with Gasteiger partial charge in [-0.2, -0.15) is 5.26 Å². The van der Waals surface area contributed by atoms with Gasteiger partial charge in [0.15, 0.2) is 0 Å². The highest BCUT2D eigenvalue weighted by Crippen LogP contribution is 2.12. The average Bonchev–Trinajstić information content (AvgIpc) is 2.30. The van der Waals surface area contributed by atoms with Gasteiger partial charge in [-0.05, 0) is 18.6 Å². The molecule has 0 aromatic heterocycles. The standard InChI is InChI=1S/C13H13NO2/c1-10-3-5-11(6-4-10)9-12(7-8-14)13(15)16-2/h3-6,9H,7H2,1-2H3/b12-9-. The minimum absolute atomic E-state index is 0.0561. The molecular formula is C13H13NO2. The van der Waals surface area contributed by atoms with Crippen LogP contribution in [0.25, 0.3) is 6.08 Å². The smallest absolute Gasteiger partial charge is 0.334 e. The van der Waals surface area contributed by atoms with Gasteiger partial charge >= 0.3 is 5.97 Å². The summed E-state index contributed by atoms with van der Waals surface area (Å²) in [6.07, 6.45) is 1.73. The van der Waals surface area contributed by atoms with Gasteiger partial charge in [-0.1, -0.05) is 29.8 Å². The van der Waals surface area contributed by atoms with Gasteiger partial charge in [-0.25, -0.2) is 4.79 Å². The minimum Gasteiger partial charge on any atom is -0.466 e. The first-order chi connectivity index (χ1) is 7.67. The molecule has 1 aromatic carbocycles. The third kappa shape index (κ3) is 3.25. The second kappa shape index (κ2) is 5.72. The number of aryl methyl sites for hydroxylation is 1. The van der Waals surface area contributed by atoms with Gasteiger partial charge in [0, 0.05) is 0 Å². The van der Waals surface area contributed by atoms with Crippen molar-refractivity contribution < 1.29 is 9.53 Å². The quantitative estimate of drug-likeness (QED) is 0.575. The van der Waals surface area contributed by atoms with E-state index in [4.69, 9.17) is 5.26 Å². The first-order valence-electron chi connectivity index (χ1n) is 4.90. The van der Waals surface area contributed by atoms with Crippen LogP contribution in [0.3, 0.4) is 0 Å². The maximum Gasteiger partial charge on any atom is 0.334 e. The van der Waals surface area contributed by atoms with E-state index in [0.29, 0.717) is 5.57 Å². The Labute approximate surface area is 95.0 Å². The summed E-state index contributed by atoms with van der Waals surface area (Å²) in [5, 5.41) is 8.60. The summed E-state index contributed by atoms with van der Waals surface area (Å²) in [6, 6.07) is 9.65. The van der Waals surface area contributed by atoms with E-state index in [1.165, 1.54) is 7.11 Å². The first kappa shape index (κ1) is 12.0. The van der Waals surface area contributed by atoms with Crippen molar-refractivity contribution in [3.8, 4) is 6.07 Å². The summed E-state index contributed by atoms with van der Waals surface area (Å²) < 4.78 is 4.60. The van der Waals surface area contributed by atoms with E-state index in [-0.39, 0.29) is 6.42 Å². The highest BCUT2D eigenvalue weighted by molar-refractivity contribution is 5.94. The van der Waals surface area contributed by atoms with Crippen LogP contribution in [0.15, 0.2) is 29.8 Å². The monoisotopic (exact) mass is 215 g/mol. The zero-order chi connectivity index (χ0) is 12.0. The molecule has 0 spiro atoms. The molecule has 0 aliphatic heterocycles. The molecule has 0 heterocycles. The molecule has 0 saturated carbocycles. The third-order valence-electron chi connectivity index (χ3n) is 2.14. The zero-order valence-electron chi connectivity index (χ0n) is 9.36. The van der Waals surface area contributed by atoms with Crippen molar-refractivity contribution in [1.29, 1.82) is 5.26 Å². The molecule has 0 amide bonds. The lowest BCUT2D eigenvalue weighted by Crippen LogP contribution is -2.03. The maximum absolute atomic E-state index is 11.3. The van der Waals surface area contributed by atoms with Gasteiger partial charge in [0.25, 0.3) is 0 Å². The van der Waals surface area contributed by atoms with Crippen molar-refractivity contribution in [3.63, 3.8) is 0 Å². The second-order valence-corrected chi connectivity index (χ2v) is 3.41. The third-order valence-corrected chi connectivity index (χ3v) is 2.14. The molecule has 1 rings (SSSR count). The van der Waals surface area contributed by atoms with Crippen LogP contribution in [-0.4, -0.2) is 13.1 Å². The van der Waals surface area contributed by atoms with Crippen LogP contribution in [-0.2, 0) is 9.53 Å². The minimum atomic E-state index is -0.456. The van der Waals surface area contributed by atoms with Gasteiger partial charge < -0.3 is 4.74 Å². The Bertz CT molecular complexity index is 438. The number of rotatable bonds is 3. The summed E-state index contributed by atoms with van der Waals surface area (Å²) >= 11 is 0. The number of hydrogen-bond donors (Lipinski definition) is 0. The molecule has 0 bridgehead atoms. The van der Waals surface area contributed by atoms with Crippen LogP contribution in [0.4, 0.5) is 0 Å². The van der Waals surface area contributed by atoms with Crippen molar-refractivity contribution in [2.45, 2.75) is 13.3 Å². The molecule has 0 atom stereocenters. The molecule has 0 N–H and O–H groups in total. The lowest BCUT2D eigenvalue weighted by Gasteiger charge is -2.01. The van der Waals surface area contributed by atoms with E-state index >= 15 is 0 Å². The number of methoxy groups -OCH3 is 1. The molecule has 3 nitrogen and oxygen atoms in total. The zero-order valence-corrected chi connectivity index (χ0v) is 9.36. The Hall–Kier alpha value is -2.08. The molecule has 0 fully saturated rings. The predicted molar refractivity (Wildman–Crippen MR) is 61.4 cm³/mol. The van der Waals surface area contributed by atoms with E-state index < -0.39 is 5.97 Å². The lowest BCUT2D eigenvalue weighted by molar-refractivity contribution is -0.136. The van der Waals surface area contributed by atoms with E-state index in [2.05, 4.69) is 4.74 Å². The van der Waals surface area contributed by atoms with E-state index in [9.17, 15) is 4.79 Å². The molecule has 0 aliphatic rings. The molecule has 16 heavy (non-hydrogen) atoms. The fourth-order valence-electron chi connectivity index (χ4n) is 1.26. The SMILES string of the molecule is COC(=O)/C(=C\c1ccc(C)cc1)CC#N. The molecule has 1 aromatic rings. The number of ether oxygens (including phenoxy) is 1. The first-order valence-corrected chi connectivity index (χ1v) is 4.90. The molecule has 0 aliphatic carbocycles. The summed E-state index contributed by atoms with van der Waals surface area (Å²) in [7, 11) is 1.31. The van der Waals surface area contributed by atoms with Crippen LogP contribution in [0.1, 0.15) is 17.5 Å². The van der Waals surface area contributed by atoms with Gasteiger partial charge in [0.1, 0.15) is 0 Å². The van der Waals surface area contributed by atoms with Crippen LogP contribution in [0.5, 0.6) is 0 Å². The summed E-state index contributed by atoms with van der Waals surface area (Å²) in [6.45, 7) is 1.99. The Kier molecular flexibility index (Phi) is 4.28.